The second-order valence-corrected chi connectivity index (χ2v) is 1.46. The molecule has 0 unspecified atom stereocenters. The average molecular weight is 118 g/mol. The lowest BCUT2D eigenvalue weighted by Gasteiger charge is -1.96. The van der Waals surface area contributed by atoms with Crippen LogP contribution in [0.25, 0.3) is 0 Å². The highest BCUT2D eigenvalue weighted by Gasteiger charge is 1.91. The van der Waals surface area contributed by atoms with Crippen molar-refractivity contribution in [3.63, 3.8) is 0 Å². The number of carbonyl (C=O) groups excluding carboxylic acids is 2. The lowest BCUT2D eigenvalue weighted by molar-refractivity contribution is -0.111. The van der Waals surface area contributed by atoms with Gasteiger partial charge >= 0.3 is 6.41 Å². The van der Waals surface area contributed by atoms with Crippen molar-refractivity contribution in [3.8, 4) is 0 Å². The predicted octanol–water partition coefficient (Wildman–Crippen LogP) is -0.210. The lowest BCUT2D eigenvalue weighted by Crippen LogP contribution is -2.07. The fourth-order valence-corrected chi connectivity index (χ4v) is 0.262. The van der Waals surface area contributed by atoms with Crippen LogP contribution in [-0.4, -0.2) is 23.4 Å². The minimum Gasteiger partial charge on any atom is -0.277 e. The predicted molar refractivity (Wildman–Crippen MR) is 27.1 cm³/mol. The van der Waals surface area contributed by atoms with E-state index < -0.39 is 0 Å². The fraction of sp³-hybridized carbons (Fsp3) is 0.333. The molecule has 0 aromatic rings. The SMILES string of the molecule is CSN([C]=O)C=O. The van der Waals surface area contributed by atoms with Crippen LogP contribution >= 0.6 is 11.9 Å². The van der Waals surface area contributed by atoms with E-state index in [2.05, 4.69) is 0 Å². The maximum atomic E-state index is 9.61. The second-order valence-electron chi connectivity index (χ2n) is 0.705. The normalized spacial score (nSPS) is 7.57. The van der Waals surface area contributed by atoms with Gasteiger partial charge in [-0.15, -0.1) is 0 Å². The zero-order chi connectivity index (χ0) is 5.70. The zero-order valence-corrected chi connectivity index (χ0v) is 4.57. The molecule has 0 aliphatic rings. The molecule has 0 aromatic carbocycles. The van der Waals surface area contributed by atoms with E-state index in [0.717, 1.165) is 16.3 Å². The number of hydrogen-bond acceptors (Lipinski definition) is 3. The van der Waals surface area contributed by atoms with Crippen LogP contribution in [0.2, 0.25) is 0 Å². The molecule has 0 atom stereocenters. The lowest BCUT2D eigenvalue weighted by atomic mass is 11.2. The van der Waals surface area contributed by atoms with Crippen LogP contribution in [-0.2, 0) is 9.59 Å². The van der Waals surface area contributed by atoms with Gasteiger partial charge in [0.25, 0.3) is 0 Å². The Bertz CT molecular complexity index is 67.3. The quantitative estimate of drug-likeness (QED) is 0.292. The summed E-state index contributed by atoms with van der Waals surface area (Å²) in [5, 5.41) is 0. The minimum atomic E-state index is 0.400. The molecule has 0 saturated carbocycles. The third-order valence-electron chi connectivity index (χ3n) is 0.382. The molecule has 0 N–H and O–H groups in total. The summed E-state index contributed by atoms with van der Waals surface area (Å²) >= 11 is 1.01. The third kappa shape index (κ3) is 2.22. The van der Waals surface area contributed by atoms with Crippen molar-refractivity contribution < 1.29 is 9.59 Å². The number of imide groups is 1. The molecular formula is C3H4NO2S. The van der Waals surface area contributed by atoms with Crippen molar-refractivity contribution in [1.82, 2.24) is 4.31 Å². The fourth-order valence-electron chi connectivity index (χ4n) is 0.102. The molecule has 1 radical (unpaired) electrons. The summed E-state index contributed by atoms with van der Waals surface area (Å²) < 4.78 is 0.806. The summed E-state index contributed by atoms with van der Waals surface area (Å²) in [6.45, 7) is 0. The molecule has 0 aliphatic carbocycles. The molecule has 0 saturated heterocycles. The number of carbonyl (C=O) groups is 1. The summed E-state index contributed by atoms with van der Waals surface area (Å²) in [5.41, 5.74) is 0. The van der Waals surface area contributed by atoms with Crippen molar-refractivity contribution in [2.75, 3.05) is 6.26 Å². The molecule has 4 heteroatoms. The maximum Gasteiger partial charge on any atom is 0.330 e. The van der Waals surface area contributed by atoms with Gasteiger partial charge in [0.1, 0.15) is 0 Å². The Morgan fingerprint density at radius 3 is 2.43 bits per heavy atom. The van der Waals surface area contributed by atoms with E-state index >= 15 is 0 Å². The van der Waals surface area contributed by atoms with Crippen LogP contribution < -0.4 is 0 Å². The molecule has 0 aliphatic heterocycles. The van der Waals surface area contributed by atoms with E-state index in [9.17, 15) is 9.59 Å². The zero-order valence-electron chi connectivity index (χ0n) is 3.75. The highest BCUT2D eigenvalue weighted by molar-refractivity contribution is 7.97. The third-order valence-corrected chi connectivity index (χ3v) is 0.936. The van der Waals surface area contributed by atoms with Gasteiger partial charge in [-0.2, -0.15) is 0 Å². The van der Waals surface area contributed by atoms with E-state index in [1.54, 1.807) is 6.26 Å². The van der Waals surface area contributed by atoms with E-state index in [-0.39, 0.29) is 0 Å². The number of rotatable bonds is 3. The maximum absolute atomic E-state index is 9.61. The average Bonchev–Trinajstić information content (AvgIpc) is 1.72. The van der Waals surface area contributed by atoms with Crippen molar-refractivity contribution in [3.05, 3.63) is 0 Å². The molecule has 3 nitrogen and oxygen atoms in total. The molecule has 0 aromatic heterocycles. The number of amides is 2. The van der Waals surface area contributed by atoms with Gasteiger partial charge in [-0.3, -0.25) is 9.59 Å². The van der Waals surface area contributed by atoms with Gasteiger partial charge in [-0.05, 0) is 11.9 Å². The van der Waals surface area contributed by atoms with Crippen molar-refractivity contribution in [2.24, 2.45) is 0 Å². The van der Waals surface area contributed by atoms with E-state index in [1.165, 1.54) is 6.41 Å². The Morgan fingerprint density at radius 2 is 2.43 bits per heavy atom. The molecule has 39 valence electrons. The van der Waals surface area contributed by atoms with Crippen molar-refractivity contribution in [1.29, 1.82) is 0 Å². The first-order valence-corrected chi connectivity index (χ1v) is 2.69. The standard InChI is InChI=1S/C3H4NO2S/c1-7-4(2-5)3-6/h2H,1H3. The monoisotopic (exact) mass is 118 g/mol. The first kappa shape index (κ1) is 6.49. The number of hydrogen-bond donors (Lipinski definition) is 0. The molecule has 0 spiro atoms. The van der Waals surface area contributed by atoms with Gasteiger partial charge in [0.15, 0.2) is 0 Å². The molecule has 2 amide bonds. The first-order valence-electron chi connectivity index (χ1n) is 1.51. The van der Waals surface area contributed by atoms with E-state index in [4.69, 9.17) is 0 Å². The van der Waals surface area contributed by atoms with E-state index in [1.807, 2.05) is 0 Å². The largest absolute Gasteiger partial charge is 0.330 e. The van der Waals surface area contributed by atoms with Crippen molar-refractivity contribution in [2.45, 2.75) is 0 Å². The molecule has 0 heterocycles. The Morgan fingerprint density at radius 1 is 1.86 bits per heavy atom. The van der Waals surface area contributed by atoms with Gasteiger partial charge in [0.05, 0.1) is 0 Å². The van der Waals surface area contributed by atoms with Crippen LogP contribution in [0.3, 0.4) is 0 Å². The van der Waals surface area contributed by atoms with Crippen LogP contribution in [0.5, 0.6) is 0 Å². The van der Waals surface area contributed by atoms with Crippen LogP contribution in [0.15, 0.2) is 0 Å². The first-order chi connectivity index (χ1) is 3.35. The number of nitrogens with zero attached hydrogens (tertiary/aromatic N) is 1. The van der Waals surface area contributed by atoms with E-state index in [0.29, 0.717) is 6.41 Å². The van der Waals surface area contributed by atoms with Gasteiger partial charge < -0.3 is 0 Å². The molecule has 0 bridgehead atoms. The summed E-state index contributed by atoms with van der Waals surface area (Å²) in [7, 11) is 0. The molecular weight excluding hydrogens is 114 g/mol. The summed E-state index contributed by atoms with van der Waals surface area (Å²) in [5.74, 6) is 0. The second kappa shape index (κ2) is 3.67. The summed E-state index contributed by atoms with van der Waals surface area (Å²) in [4.78, 5) is 19.1. The topological polar surface area (TPSA) is 37.4 Å². The summed E-state index contributed by atoms with van der Waals surface area (Å²) in [6, 6.07) is 0. The Balaban J connectivity index is 3.36. The molecule has 0 rings (SSSR count). The Hall–Kier alpha value is -0.510. The van der Waals surface area contributed by atoms with Gasteiger partial charge in [-0.1, -0.05) is 0 Å². The van der Waals surface area contributed by atoms with Crippen LogP contribution in [0.4, 0.5) is 0 Å². The summed E-state index contributed by atoms with van der Waals surface area (Å²) in [6.07, 6.45) is 3.39. The van der Waals surface area contributed by atoms with Gasteiger partial charge in [0, 0.05) is 6.26 Å². The Labute approximate surface area is 45.8 Å². The Kier molecular flexibility index (Phi) is 3.40. The van der Waals surface area contributed by atoms with Crippen LogP contribution in [0.1, 0.15) is 0 Å². The minimum absolute atomic E-state index is 0.400. The highest BCUT2D eigenvalue weighted by atomic mass is 32.2. The van der Waals surface area contributed by atoms with Crippen LogP contribution in [0, 0.1) is 0 Å². The van der Waals surface area contributed by atoms with Gasteiger partial charge in [-0.25, -0.2) is 4.31 Å². The van der Waals surface area contributed by atoms with Crippen molar-refractivity contribution >= 4 is 24.8 Å². The molecule has 0 fully saturated rings. The molecule has 7 heavy (non-hydrogen) atoms. The van der Waals surface area contributed by atoms with Gasteiger partial charge in [0.2, 0.25) is 6.41 Å². The smallest absolute Gasteiger partial charge is 0.277 e. The highest BCUT2D eigenvalue weighted by Crippen LogP contribution is 1.93.